The third-order valence-corrected chi connectivity index (χ3v) is 5.55. The van der Waals surface area contributed by atoms with Crippen molar-refractivity contribution in [3.63, 3.8) is 0 Å². The van der Waals surface area contributed by atoms with Gasteiger partial charge in [0.15, 0.2) is 0 Å². The zero-order valence-corrected chi connectivity index (χ0v) is 13.9. The number of halogens is 1. The molecule has 126 valence electrons. The number of fused-ring (bicyclic) bond motifs is 2. The monoisotopic (exact) mass is 327 g/mol. The summed E-state index contributed by atoms with van der Waals surface area (Å²) in [6, 6.07) is 6.09. The lowest BCUT2D eigenvalue weighted by atomic mass is 9.84. The molecule has 4 rings (SSSR count). The molecule has 3 heterocycles. The molecule has 2 fully saturated rings. The van der Waals surface area contributed by atoms with Crippen molar-refractivity contribution in [3.05, 3.63) is 53.9 Å². The lowest BCUT2D eigenvalue weighted by Gasteiger charge is -2.39. The maximum Gasteiger partial charge on any atom is 0.243 e. The fraction of sp³-hybridized carbons (Fsp3) is 0.474. The average molecular weight is 327 g/mol. The largest absolute Gasteiger partial charge is 0.335 e. The van der Waals surface area contributed by atoms with Crippen LogP contribution in [0.4, 0.5) is 4.39 Å². The Bertz CT molecular complexity index is 729. The number of imidazole rings is 1. The number of rotatable bonds is 3. The molecule has 24 heavy (non-hydrogen) atoms. The van der Waals surface area contributed by atoms with Crippen LogP contribution in [0.15, 0.2) is 36.9 Å². The molecule has 0 spiro atoms. The SMILES string of the molecule is Cc1cc(C2C[C@H]3CC[C@@H](C2)N3C(=O)Cn2ccnc2)ccc1F. The van der Waals surface area contributed by atoms with E-state index in [1.54, 1.807) is 18.6 Å². The van der Waals surface area contributed by atoms with Crippen molar-refractivity contribution in [2.24, 2.45) is 0 Å². The molecule has 4 nitrogen and oxygen atoms in total. The van der Waals surface area contributed by atoms with E-state index in [9.17, 15) is 9.18 Å². The average Bonchev–Trinajstić information content (AvgIpc) is 3.16. The van der Waals surface area contributed by atoms with Gasteiger partial charge >= 0.3 is 0 Å². The van der Waals surface area contributed by atoms with E-state index in [1.165, 1.54) is 5.56 Å². The fourth-order valence-corrected chi connectivity index (χ4v) is 4.40. The van der Waals surface area contributed by atoms with Crippen LogP contribution in [0.5, 0.6) is 0 Å². The van der Waals surface area contributed by atoms with E-state index >= 15 is 0 Å². The van der Waals surface area contributed by atoms with Gasteiger partial charge in [0, 0.05) is 24.5 Å². The van der Waals surface area contributed by atoms with Crippen molar-refractivity contribution in [2.45, 2.75) is 57.2 Å². The Morgan fingerprint density at radius 1 is 1.29 bits per heavy atom. The minimum absolute atomic E-state index is 0.144. The molecule has 0 N–H and O–H groups in total. The molecule has 5 heteroatoms. The molecule has 1 aromatic heterocycles. The molecule has 2 aliphatic rings. The smallest absolute Gasteiger partial charge is 0.243 e. The fourth-order valence-electron chi connectivity index (χ4n) is 4.40. The summed E-state index contributed by atoms with van der Waals surface area (Å²) >= 11 is 0. The van der Waals surface area contributed by atoms with E-state index in [-0.39, 0.29) is 11.7 Å². The van der Waals surface area contributed by atoms with Crippen LogP contribution in [0.3, 0.4) is 0 Å². The predicted molar refractivity (Wildman–Crippen MR) is 89.0 cm³/mol. The second-order valence-corrected chi connectivity index (χ2v) is 7.10. The van der Waals surface area contributed by atoms with Gasteiger partial charge in [0.2, 0.25) is 5.91 Å². The minimum atomic E-state index is -0.144. The van der Waals surface area contributed by atoms with Crippen LogP contribution in [0.25, 0.3) is 0 Å². The van der Waals surface area contributed by atoms with Crippen LogP contribution in [0.1, 0.15) is 42.7 Å². The molecule has 0 aliphatic carbocycles. The number of aryl methyl sites for hydroxylation is 1. The lowest BCUT2D eigenvalue weighted by Crippen LogP contribution is -2.47. The Morgan fingerprint density at radius 3 is 2.67 bits per heavy atom. The second-order valence-electron chi connectivity index (χ2n) is 7.10. The number of carbonyl (C=O) groups excluding carboxylic acids is 1. The normalized spacial score (nSPS) is 25.9. The van der Waals surface area contributed by atoms with Crippen LogP contribution in [0, 0.1) is 12.7 Å². The maximum atomic E-state index is 13.5. The molecule has 3 atom stereocenters. The summed E-state index contributed by atoms with van der Waals surface area (Å²) in [5, 5.41) is 0. The molecular weight excluding hydrogens is 305 g/mol. The van der Waals surface area contributed by atoms with Crippen LogP contribution in [-0.4, -0.2) is 32.4 Å². The molecule has 0 saturated carbocycles. The van der Waals surface area contributed by atoms with Gasteiger partial charge < -0.3 is 9.47 Å². The Balaban J connectivity index is 1.49. The van der Waals surface area contributed by atoms with Gasteiger partial charge in [0.05, 0.1) is 6.33 Å². The standard InChI is InChI=1S/C19H22FN3O/c1-13-8-14(2-5-18(13)20)15-9-16-3-4-17(10-15)23(16)19(24)11-22-7-6-21-12-22/h2,5-8,12,15-17H,3-4,9-11H2,1H3/t15?,16-,17+. The van der Waals surface area contributed by atoms with Crippen molar-refractivity contribution in [2.75, 3.05) is 0 Å². The number of carbonyl (C=O) groups is 1. The molecule has 1 amide bonds. The summed E-state index contributed by atoms with van der Waals surface area (Å²) in [6.07, 6.45) is 9.34. The molecular formula is C19H22FN3O. The first-order valence-electron chi connectivity index (χ1n) is 8.65. The van der Waals surface area contributed by atoms with E-state index < -0.39 is 0 Å². The van der Waals surface area contributed by atoms with Crippen LogP contribution in [-0.2, 0) is 11.3 Å². The highest BCUT2D eigenvalue weighted by Crippen LogP contribution is 2.43. The van der Waals surface area contributed by atoms with Crippen molar-refractivity contribution in [1.82, 2.24) is 14.5 Å². The van der Waals surface area contributed by atoms with Gasteiger partial charge in [0.25, 0.3) is 0 Å². The van der Waals surface area contributed by atoms with E-state index in [0.717, 1.165) is 25.7 Å². The first kappa shape index (κ1) is 15.4. The second kappa shape index (κ2) is 6.04. The van der Waals surface area contributed by atoms with E-state index in [4.69, 9.17) is 0 Å². The molecule has 2 bridgehead atoms. The summed E-state index contributed by atoms with van der Waals surface area (Å²) in [6.45, 7) is 2.19. The van der Waals surface area contributed by atoms with Gasteiger partial charge in [-0.1, -0.05) is 12.1 Å². The zero-order valence-electron chi connectivity index (χ0n) is 13.9. The topological polar surface area (TPSA) is 38.1 Å². The Morgan fingerprint density at radius 2 is 2.04 bits per heavy atom. The highest BCUT2D eigenvalue weighted by Gasteiger charge is 2.43. The lowest BCUT2D eigenvalue weighted by molar-refractivity contribution is -0.136. The van der Waals surface area contributed by atoms with Crippen molar-refractivity contribution in [1.29, 1.82) is 0 Å². The van der Waals surface area contributed by atoms with Crippen LogP contribution in [0.2, 0.25) is 0 Å². The third-order valence-electron chi connectivity index (χ3n) is 5.55. The van der Waals surface area contributed by atoms with Gasteiger partial charge in [-0.3, -0.25) is 4.79 Å². The highest BCUT2D eigenvalue weighted by atomic mass is 19.1. The number of piperidine rings is 1. The Labute approximate surface area is 141 Å². The van der Waals surface area contributed by atoms with Gasteiger partial charge in [-0.05, 0) is 55.7 Å². The number of hydrogen-bond donors (Lipinski definition) is 0. The summed E-state index contributed by atoms with van der Waals surface area (Å²) in [5.41, 5.74) is 1.92. The number of aromatic nitrogens is 2. The van der Waals surface area contributed by atoms with E-state index in [0.29, 0.717) is 30.1 Å². The third kappa shape index (κ3) is 2.72. The first-order chi connectivity index (χ1) is 11.6. The van der Waals surface area contributed by atoms with Crippen molar-refractivity contribution < 1.29 is 9.18 Å². The highest BCUT2D eigenvalue weighted by molar-refractivity contribution is 5.77. The minimum Gasteiger partial charge on any atom is -0.335 e. The number of nitrogens with zero attached hydrogens (tertiary/aromatic N) is 3. The van der Waals surface area contributed by atoms with Gasteiger partial charge in [-0.2, -0.15) is 0 Å². The van der Waals surface area contributed by atoms with Crippen LogP contribution >= 0.6 is 0 Å². The zero-order chi connectivity index (χ0) is 16.7. The van der Waals surface area contributed by atoms with Crippen molar-refractivity contribution in [3.8, 4) is 0 Å². The summed E-state index contributed by atoms with van der Waals surface area (Å²) in [5.74, 6) is 0.475. The molecule has 2 aliphatic heterocycles. The van der Waals surface area contributed by atoms with Gasteiger partial charge in [-0.25, -0.2) is 9.37 Å². The molecule has 0 radical (unpaired) electrons. The molecule has 2 aromatic rings. The first-order valence-corrected chi connectivity index (χ1v) is 8.65. The number of amides is 1. The maximum absolute atomic E-state index is 13.5. The van der Waals surface area contributed by atoms with Gasteiger partial charge in [-0.15, -0.1) is 0 Å². The summed E-state index contributed by atoms with van der Waals surface area (Å²) in [4.78, 5) is 18.8. The van der Waals surface area contributed by atoms with Gasteiger partial charge in [0.1, 0.15) is 12.4 Å². The van der Waals surface area contributed by atoms with E-state index in [1.807, 2.05) is 29.8 Å². The van der Waals surface area contributed by atoms with Crippen molar-refractivity contribution >= 4 is 5.91 Å². The quantitative estimate of drug-likeness (QED) is 0.868. The predicted octanol–water partition coefficient (Wildman–Crippen LogP) is 3.27. The Hall–Kier alpha value is -2.17. The molecule has 1 unspecified atom stereocenters. The van der Waals surface area contributed by atoms with Crippen LogP contribution < -0.4 is 0 Å². The number of hydrogen-bond acceptors (Lipinski definition) is 2. The molecule has 1 aromatic carbocycles. The molecule has 2 saturated heterocycles. The summed E-state index contributed by atoms with van der Waals surface area (Å²) in [7, 11) is 0. The van der Waals surface area contributed by atoms with E-state index in [2.05, 4.69) is 9.88 Å². The Kier molecular flexibility index (Phi) is 3.87. The number of benzene rings is 1. The summed E-state index contributed by atoms with van der Waals surface area (Å²) < 4.78 is 15.4.